The summed E-state index contributed by atoms with van der Waals surface area (Å²) in [5, 5.41) is 12.9. The van der Waals surface area contributed by atoms with Crippen LogP contribution in [0.3, 0.4) is 0 Å². The molecule has 0 aliphatic carbocycles. The second-order valence-corrected chi connectivity index (χ2v) is 5.98. The monoisotopic (exact) mass is 412 g/mol. The first-order valence-corrected chi connectivity index (χ1v) is 7.84. The molecule has 28 heavy (non-hydrogen) atoms. The fourth-order valence-electron chi connectivity index (χ4n) is 2.37. The van der Waals surface area contributed by atoms with Gasteiger partial charge in [-0.1, -0.05) is 11.6 Å². The number of carbonyl (C=O) groups excluding carboxylic acids is 1. The fourth-order valence-corrected chi connectivity index (χ4v) is 2.53. The predicted molar refractivity (Wildman–Crippen MR) is 93.5 cm³/mol. The van der Waals surface area contributed by atoms with E-state index < -0.39 is 33.8 Å². The van der Waals surface area contributed by atoms with Gasteiger partial charge in [-0.15, -0.1) is 0 Å². The van der Waals surface area contributed by atoms with Gasteiger partial charge in [-0.3, -0.25) is 14.9 Å². The highest BCUT2D eigenvalue weighted by Gasteiger charge is 2.31. The van der Waals surface area contributed by atoms with Crippen LogP contribution in [0, 0.1) is 10.1 Å². The maximum Gasteiger partial charge on any atom is 0.416 e. The van der Waals surface area contributed by atoms with Gasteiger partial charge in [0.25, 0.3) is 11.6 Å². The number of nitro groups is 1. The topological polar surface area (TPSA) is 102 Å². The van der Waals surface area contributed by atoms with Crippen molar-refractivity contribution >= 4 is 39.9 Å². The lowest BCUT2D eigenvalue weighted by Crippen LogP contribution is -2.21. The lowest BCUT2D eigenvalue weighted by Gasteiger charge is -2.11. The highest BCUT2D eigenvalue weighted by atomic mass is 35.5. The van der Waals surface area contributed by atoms with Crippen molar-refractivity contribution in [3.8, 4) is 0 Å². The second-order valence-electron chi connectivity index (χ2n) is 5.57. The maximum atomic E-state index is 12.8. The zero-order valence-electron chi connectivity index (χ0n) is 13.5. The number of hydrogen-bond donors (Lipinski definition) is 1. The first-order valence-electron chi connectivity index (χ1n) is 7.46. The molecule has 11 heteroatoms. The van der Waals surface area contributed by atoms with Gasteiger partial charge in [0.15, 0.2) is 0 Å². The smallest absolute Gasteiger partial charge is 0.416 e. The molecule has 3 aromatic rings. The summed E-state index contributed by atoms with van der Waals surface area (Å²) < 4.78 is 43.4. The number of anilines is 1. The van der Waals surface area contributed by atoms with E-state index in [1.165, 1.54) is 6.07 Å². The molecule has 0 saturated heterocycles. The Hall–Kier alpha value is -3.40. The first kappa shape index (κ1) is 19.4. The van der Waals surface area contributed by atoms with Crippen molar-refractivity contribution in [2.45, 2.75) is 6.18 Å². The largest absolute Gasteiger partial charge is 0.422 e. The van der Waals surface area contributed by atoms with E-state index in [1.54, 1.807) is 0 Å². The number of rotatable bonds is 3. The number of nitro benzene ring substituents is 1. The zero-order valence-corrected chi connectivity index (χ0v) is 14.3. The van der Waals surface area contributed by atoms with Gasteiger partial charge in [-0.05, 0) is 30.3 Å². The minimum atomic E-state index is -4.66. The Morgan fingerprint density at radius 3 is 2.50 bits per heavy atom. The third kappa shape index (κ3) is 3.81. The second kappa shape index (κ2) is 6.97. The van der Waals surface area contributed by atoms with Crippen LogP contribution in [-0.4, -0.2) is 10.8 Å². The Balaban J connectivity index is 2.01. The molecular formula is C17H8ClF3N2O5. The van der Waals surface area contributed by atoms with Crippen LogP contribution in [0.15, 0.2) is 51.7 Å². The molecule has 3 rings (SSSR count). The van der Waals surface area contributed by atoms with Crippen LogP contribution in [0.4, 0.5) is 24.5 Å². The van der Waals surface area contributed by atoms with Gasteiger partial charge in [-0.2, -0.15) is 13.2 Å². The van der Waals surface area contributed by atoms with Crippen molar-refractivity contribution in [2.24, 2.45) is 0 Å². The van der Waals surface area contributed by atoms with E-state index >= 15 is 0 Å². The Morgan fingerprint density at radius 1 is 1.14 bits per heavy atom. The Kier molecular flexibility index (Phi) is 4.82. The average molecular weight is 413 g/mol. The number of nitrogens with zero attached hydrogens (tertiary/aromatic N) is 1. The van der Waals surface area contributed by atoms with Crippen molar-refractivity contribution in [1.82, 2.24) is 0 Å². The van der Waals surface area contributed by atoms with Crippen LogP contribution < -0.4 is 10.9 Å². The molecule has 0 spiro atoms. The molecule has 0 atom stereocenters. The highest BCUT2D eigenvalue weighted by molar-refractivity contribution is 6.34. The molecule has 0 unspecified atom stereocenters. The molecule has 0 saturated carbocycles. The van der Waals surface area contributed by atoms with Gasteiger partial charge < -0.3 is 9.73 Å². The fraction of sp³-hybridized carbons (Fsp3) is 0.0588. The third-order valence-corrected chi connectivity index (χ3v) is 4.04. The Morgan fingerprint density at radius 2 is 1.86 bits per heavy atom. The molecule has 2 aromatic carbocycles. The molecule has 0 fully saturated rings. The van der Waals surface area contributed by atoms with Crippen LogP contribution in [0.2, 0.25) is 5.02 Å². The quantitative estimate of drug-likeness (QED) is 0.384. The SMILES string of the molecule is O=C(Nc1cc(C(F)(F)F)ccc1Cl)c1cc2cc([N+](=O)[O-])ccc2oc1=O. The number of benzene rings is 2. The summed E-state index contributed by atoms with van der Waals surface area (Å²) in [5.41, 5.74) is -3.32. The van der Waals surface area contributed by atoms with Crippen LogP contribution >= 0.6 is 11.6 Å². The summed E-state index contributed by atoms with van der Waals surface area (Å²) >= 11 is 5.81. The lowest BCUT2D eigenvalue weighted by molar-refractivity contribution is -0.384. The normalized spacial score (nSPS) is 11.4. The number of hydrogen-bond acceptors (Lipinski definition) is 5. The summed E-state index contributed by atoms with van der Waals surface area (Å²) in [6.07, 6.45) is -4.66. The van der Waals surface area contributed by atoms with Crippen molar-refractivity contribution in [3.63, 3.8) is 0 Å². The molecule has 1 heterocycles. The van der Waals surface area contributed by atoms with Crippen molar-refractivity contribution in [1.29, 1.82) is 0 Å². The average Bonchev–Trinajstić information content (AvgIpc) is 2.61. The summed E-state index contributed by atoms with van der Waals surface area (Å²) in [6.45, 7) is 0. The summed E-state index contributed by atoms with van der Waals surface area (Å²) in [4.78, 5) is 34.6. The number of amides is 1. The maximum absolute atomic E-state index is 12.8. The third-order valence-electron chi connectivity index (χ3n) is 3.71. The van der Waals surface area contributed by atoms with Gasteiger partial charge in [0.05, 0.1) is 21.2 Å². The van der Waals surface area contributed by atoms with E-state index in [-0.39, 0.29) is 27.4 Å². The van der Waals surface area contributed by atoms with Gasteiger partial charge in [-0.25, -0.2) is 4.79 Å². The molecule has 7 nitrogen and oxygen atoms in total. The van der Waals surface area contributed by atoms with Crippen LogP contribution in [0.1, 0.15) is 15.9 Å². The molecule has 0 aliphatic rings. The van der Waals surface area contributed by atoms with Gasteiger partial charge >= 0.3 is 11.8 Å². The first-order chi connectivity index (χ1) is 13.1. The van der Waals surface area contributed by atoms with E-state index in [1.807, 2.05) is 0 Å². The van der Waals surface area contributed by atoms with Gasteiger partial charge in [0.2, 0.25) is 0 Å². The summed E-state index contributed by atoms with van der Waals surface area (Å²) in [7, 11) is 0. The number of nitrogens with one attached hydrogen (secondary N) is 1. The van der Waals surface area contributed by atoms with Crippen molar-refractivity contribution < 1.29 is 27.3 Å². The standard InChI is InChI=1S/C17H8ClF3N2O5/c18-12-3-1-9(17(19,20)21)7-13(12)22-15(24)11-6-8-5-10(23(26)27)2-4-14(8)28-16(11)25/h1-7H,(H,22,24). The van der Waals surface area contributed by atoms with E-state index in [2.05, 4.69) is 5.32 Å². The van der Waals surface area contributed by atoms with Crippen molar-refractivity contribution in [3.05, 3.63) is 79.1 Å². The van der Waals surface area contributed by atoms with Crippen molar-refractivity contribution in [2.75, 3.05) is 5.32 Å². The van der Waals surface area contributed by atoms with Crippen LogP contribution in [0.5, 0.6) is 0 Å². The van der Waals surface area contributed by atoms with Gasteiger partial charge in [0, 0.05) is 17.5 Å². The molecule has 1 aromatic heterocycles. The molecule has 144 valence electrons. The molecular weight excluding hydrogens is 405 g/mol. The lowest BCUT2D eigenvalue weighted by atomic mass is 10.1. The highest BCUT2D eigenvalue weighted by Crippen LogP contribution is 2.34. The minimum absolute atomic E-state index is 0.00394. The molecule has 0 radical (unpaired) electrons. The molecule has 1 N–H and O–H groups in total. The number of carbonyl (C=O) groups is 1. The number of fused-ring (bicyclic) bond motifs is 1. The van der Waals surface area contributed by atoms with E-state index in [0.29, 0.717) is 6.07 Å². The number of non-ortho nitro benzene ring substituents is 1. The zero-order chi connectivity index (χ0) is 20.6. The molecule has 1 amide bonds. The molecule has 0 aliphatic heterocycles. The number of halogens is 4. The Bertz CT molecular complexity index is 1170. The van der Waals surface area contributed by atoms with E-state index in [9.17, 15) is 32.9 Å². The van der Waals surface area contributed by atoms with E-state index in [4.69, 9.17) is 16.0 Å². The number of alkyl halides is 3. The minimum Gasteiger partial charge on any atom is -0.422 e. The van der Waals surface area contributed by atoms with Crippen LogP contribution in [-0.2, 0) is 6.18 Å². The van der Waals surface area contributed by atoms with Gasteiger partial charge in [0.1, 0.15) is 11.1 Å². The van der Waals surface area contributed by atoms with Crippen LogP contribution in [0.25, 0.3) is 11.0 Å². The predicted octanol–water partition coefficient (Wildman–Crippen LogP) is 4.63. The summed E-state index contributed by atoms with van der Waals surface area (Å²) in [6, 6.07) is 6.76. The molecule has 0 bridgehead atoms. The summed E-state index contributed by atoms with van der Waals surface area (Å²) in [5.74, 6) is -1.08. The Labute approximate surface area is 158 Å². The van der Waals surface area contributed by atoms with E-state index in [0.717, 1.165) is 30.3 Å².